The number of benzene rings is 2. The summed E-state index contributed by atoms with van der Waals surface area (Å²) in [7, 11) is 0. The van der Waals surface area contributed by atoms with Crippen LogP contribution in [0.4, 0.5) is 10.1 Å². The van der Waals surface area contributed by atoms with Gasteiger partial charge in [0.1, 0.15) is 12.1 Å². The maximum absolute atomic E-state index is 13.4. The molecular formula is C24H28FN3O4. The molecule has 0 bridgehead atoms. The van der Waals surface area contributed by atoms with Gasteiger partial charge in [0, 0.05) is 36.9 Å². The van der Waals surface area contributed by atoms with Crippen molar-refractivity contribution in [3.8, 4) is 0 Å². The average Bonchev–Trinajstić information content (AvgIpc) is 3.35. The van der Waals surface area contributed by atoms with Crippen LogP contribution in [0.5, 0.6) is 0 Å². The first-order valence-corrected chi connectivity index (χ1v) is 10.8. The number of nitrogens with one attached hydrogen (secondary N) is 2. The van der Waals surface area contributed by atoms with Crippen molar-refractivity contribution < 1.29 is 23.8 Å². The van der Waals surface area contributed by atoms with E-state index in [4.69, 9.17) is 9.47 Å². The van der Waals surface area contributed by atoms with E-state index in [-0.39, 0.29) is 31.2 Å². The fourth-order valence-electron chi connectivity index (χ4n) is 4.11. The number of carbonyl (C=O) groups excluding carboxylic acids is 1. The molecule has 1 unspecified atom stereocenters. The summed E-state index contributed by atoms with van der Waals surface area (Å²) in [6.45, 7) is 1.68. The number of nitrogens with zero attached hydrogens (tertiary/aromatic N) is 1. The summed E-state index contributed by atoms with van der Waals surface area (Å²) >= 11 is 0. The van der Waals surface area contributed by atoms with E-state index < -0.39 is 6.04 Å². The zero-order valence-corrected chi connectivity index (χ0v) is 17.8. The molecule has 8 heteroatoms. The molecule has 0 aromatic heterocycles. The summed E-state index contributed by atoms with van der Waals surface area (Å²) in [5.41, 5.74) is 2.30. The molecule has 3 N–H and O–H groups in total. The molecule has 2 heterocycles. The summed E-state index contributed by atoms with van der Waals surface area (Å²) in [6, 6.07) is 13.7. The van der Waals surface area contributed by atoms with Gasteiger partial charge in [0.05, 0.1) is 6.61 Å². The molecule has 2 aromatic rings. The summed E-state index contributed by atoms with van der Waals surface area (Å²) in [5.74, 6) is 0.0204. The lowest BCUT2D eigenvalue weighted by Gasteiger charge is -2.37. The Morgan fingerprint density at radius 2 is 1.97 bits per heavy atom. The number of aliphatic hydroxyl groups excluding tert-OH is 1. The second-order valence-corrected chi connectivity index (χ2v) is 7.97. The Bertz CT molecular complexity index is 946. The summed E-state index contributed by atoms with van der Waals surface area (Å²) < 4.78 is 24.2. The van der Waals surface area contributed by atoms with Crippen molar-refractivity contribution >= 4 is 11.6 Å². The first-order valence-electron chi connectivity index (χ1n) is 10.8. The van der Waals surface area contributed by atoms with Crippen LogP contribution >= 0.6 is 0 Å². The second-order valence-electron chi connectivity index (χ2n) is 7.97. The Hall–Kier alpha value is -3.10. The van der Waals surface area contributed by atoms with Gasteiger partial charge in [-0.05, 0) is 36.6 Å². The monoisotopic (exact) mass is 441 g/mol. The molecule has 1 fully saturated rings. The normalized spacial score (nSPS) is 17.8. The summed E-state index contributed by atoms with van der Waals surface area (Å²) in [4.78, 5) is 15.2. The highest BCUT2D eigenvalue weighted by atomic mass is 19.1. The van der Waals surface area contributed by atoms with Gasteiger partial charge in [0.25, 0.3) is 0 Å². The van der Waals surface area contributed by atoms with Crippen molar-refractivity contribution in [3.63, 3.8) is 0 Å². The lowest BCUT2D eigenvalue weighted by molar-refractivity contribution is -0.127. The van der Waals surface area contributed by atoms with E-state index in [1.54, 1.807) is 6.07 Å². The molecule has 32 heavy (non-hydrogen) atoms. The molecule has 4 rings (SSSR count). The Labute approximate surface area is 186 Å². The number of piperidine rings is 1. The quantitative estimate of drug-likeness (QED) is 0.584. The average molecular weight is 442 g/mol. The van der Waals surface area contributed by atoms with Crippen molar-refractivity contribution in [2.75, 3.05) is 25.2 Å². The number of hydrogen-bond acceptors (Lipinski definition) is 6. The molecule has 2 aliphatic heterocycles. The summed E-state index contributed by atoms with van der Waals surface area (Å²) in [5, 5.41) is 15.9. The molecule has 0 aliphatic carbocycles. The number of amides is 1. The zero-order valence-electron chi connectivity index (χ0n) is 17.8. The Balaban J connectivity index is 1.38. The smallest absolute Gasteiger partial charge is 0.245 e. The van der Waals surface area contributed by atoms with E-state index in [1.165, 1.54) is 18.4 Å². The van der Waals surface area contributed by atoms with E-state index in [0.29, 0.717) is 31.0 Å². The molecule has 2 aromatic carbocycles. The van der Waals surface area contributed by atoms with Crippen LogP contribution in [-0.2, 0) is 27.4 Å². The van der Waals surface area contributed by atoms with Gasteiger partial charge in [-0.1, -0.05) is 30.3 Å². The first kappa shape index (κ1) is 22.1. The van der Waals surface area contributed by atoms with Crippen LogP contribution in [-0.4, -0.2) is 47.9 Å². The van der Waals surface area contributed by atoms with Crippen LogP contribution in [0.1, 0.15) is 24.0 Å². The van der Waals surface area contributed by atoms with E-state index >= 15 is 0 Å². The van der Waals surface area contributed by atoms with Gasteiger partial charge in [0.2, 0.25) is 12.7 Å². The standard InChI is InChI=1S/C24H28FN3O4/c25-19-6-7-21(18(12-19)14-29)27-20-8-10-28(11-9-20)23(22-15-31-16-32-22)24(30)26-13-17-4-2-1-3-5-17/h1-7,12,15,20,23,27,29H,8-11,13-14,16H2,(H,26,30). The maximum atomic E-state index is 13.4. The van der Waals surface area contributed by atoms with Crippen LogP contribution in [0, 0.1) is 5.82 Å². The van der Waals surface area contributed by atoms with Crippen molar-refractivity contribution in [2.24, 2.45) is 0 Å². The van der Waals surface area contributed by atoms with Gasteiger partial charge >= 0.3 is 0 Å². The molecule has 2 aliphatic rings. The third kappa shape index (κ3) is 5.38. The topological polar surface area (TPSA) is 83.1 Å². The fourth-order valence-corrected chi connectivity index (χ4v) is 4.11. The Morgan fingerprint density at radius 1 is 1.19 bits per heavy atom. The number of hydrogen-bond donors (Lipinski definition) is 3. The minimum absolute atomic E-state index is 0.115. The Kier molecular flexibility index (Phi) is 7.24. The number of aliphatic hydroxyl groups is 1. The largest absolute Gasteiger partial charge is 0.462 e. The van der Waals surface area contributed by atoms with Crippen LogP contribution in [0.3, 0.4) is 0 Å². The second kappa shape index (κ2) is 10.5. The molecule has 0 spiro atoms. The van der Waals surface area contributed by atoms with E-state index in [1.807, 2.05) is 30.3 Å². The molecule has 7 nitrogen and oxygen atoms in total. The van der Waals surface area contributed by atoms with Gasteiger partial charge < -0.3 is 25.2 Å². The van der Waals surface area contributed by atoms with Crippen LogP contribution < -0.4 is 10.6 Å². The highest BCUT2D eigenvalue weighted by molar-refractivity contribution is 5.84. The van der Waals surface area contributed by atoms with Crippen LogP contribution in [0.15, 0.2) is 60.6 Å². The number of ether oxygens (including phenoxy) is 2. The van der Waals surface area contributed by atoms with Crippen molar-refractivity contribution in [2.45, 2.75) is 38.1 Å². The fraction of sp³-hybridized carbons (Fsp3) is 0.375. The number of halogens is 1. The third-order valence-corrected chi connectivity index (χ3v) is 5.81. The molecular weight excluding hydrogens is 413 g/mol. The summed E-state index contributed by atoms with van der Waals surface area (Å²) in [6.07, 6.45) is 3.10. The molecule has 0 saturated carbocycles. The minimum Gasteiger partial charge on any atom is -0.462 e. The Morgan fingerprint density at radius 3 is 2.66 bits per heavy atom. The van der Waals surface area contributed by atoms with Crippen molar-refractivity contribution in [1.29, 1.82) is 0 Å². The SMILES string of the molecule is O=C(NCc1ccccc1)C(C1=COCO1)N1CCC(Nc2ccc(F)cc2CO)CC1. The van der Waals surface area contributed by atoms with Gasteiger partial charge in [-0.15, -0.1) is 0 Å². The maximum Gasteiger partial charge on any atom is 0.245 e. The molecule has 0 radical (unpaired) electrons. The van der Waals surface area contributed by atoms with E-state index in [9.17, 15) is 14.3 Å². The molecule has 1 amide bonds. The number of carbonyl (C=O) groups is 1. The molecule has 1 atom stereocenters. The van der Waals surface area contributed by atoms with Gasteiger partial charge in [-0.25, -0.2) is 4.39 Å². The lowest BCUT2D eigenvalue weighted by atomic mass is 10.0. The first-order chi connectivity index (χ1) is 15.6. The predicted molar refractivity (Wildman–Crippen MR) is 118 cm³/mol. The lowest BCUT2D eigenvalue weighted by Crippen LogP contribution is -2.52. The highest BCUT2D eigenvalue weighted by Gasteiger charge is 2.35. The molecule has 1 saturated heterocycles. The third-order valence-electron chi connectivity index (χ3n) is 5.81. The number of likely N-dealkylation sites (tertiary alicyclic amines) is 1. The van der Waals surface area contributed by atoms with Gasteiger partial charge in [-0.2, -0.15) is 0 Å². The van der Waals surface area contributed by atoms with Crippen LogP contribution in [0.2, 0.25) is 0 Å². The van der Waals surface area contributed by atoms with Gasteiger partial charge in [0.15, 0.2) is 11.8 Å². The van der Waals surface area contributed by atoms with Crippen molar-refractivity contribution in [3.05, 3.63) is 77.5 Å². The van der Waals surface area contributed by atoms with Crippen molar-refractivity contribution in [1.82, 2.24) is 10.2 Å². The van der Waals surface area contributed by atoms with Crippen LogP contribution in [0.25, 0.3) is 0 Å². The number of anilines is 1. The number of rotatable bonds is 8. The highest BCUT2D eigenvalue weighted by Crippen LogP contribution is 2.25. The van der Waals surface area contributed by atoms with E-state index in [0.717, 1.165) is 24.1 Å². The van der Waals surface area contributed by atoms with E-state index in [2.05, 4.69) is 15.5 Å². The minimum atomic E-state index is -0.555. The molecule has 170 valence electrons. The zero-order chi connectivity index (χ0) is 22.3. The predicted octanol–water partition coefficient (Wildman–Crippen LogP) is 2.73. The van der Waals surface area contributed by atoms with Gasteiger partial charge in [-0.3, -0.25) is 9.69 Å².